The molecule has 1 atom stereocenters. The molecule has 0 fully saturated rings. The molecule has 2 aromatic rings. The first-order valence-electron chi connectivity index (χ1n) is 7.19. The summed E-state index contributed by atoms with van der Waals surface area (Å²) < 4.78 is 9.96. The largest absolute Gasteiger partial charge is 0.466 e. The predicted octanol–water partition coefficient (Wildman–Crippen LogP) is 3.41. The monoisotopic (exact) mass is 310 g/mol. The molecule has 0 aliphatic rings. The maximum Gasteiger partial charge on any atom is 0.351 e. The molecule has 4 heteroatoms. The lowest BCUT2D eigenvalue weighted by Crippen LogP contribution is -2.26. The van der Waals surface area contributed by atoms with Crippen LogP contribution in [0.3, 0.4) is 0 Å². The van der Waals surface area contributed by atoms with Gasteiger partial charge in [0.1, 0.15) is 0 Å². The normalized spacial score (nSPS) is 11.9. The average molecular weight is 310 g/mol. The molecule has 2 rings (SSSR count). The van der Waals surface area contributed by atoms with Crippen LogP contribution < -0.4 is 0 Å². The van der Waals surface area contributed by atoms with E-state index in [0.717, 1.165) is 11.1 Å². The number of carbonyl (C=O) groups excluding carboxylic acids is 2. The highest BCUT2D eigenvalue weighted by Gasteiger charge is 2.21. The molecule has 4 nitrogen and oxygen atoms in total. The van der Waals surface area contributed by atoms with Gasteiger partial charge < -0.3 is 9.47 Å². The topological polar surface area (TPSA) is 52.6 Å². The standard InChI is InChI=1S/C19H18O4/c1-14-7-6-10-16(13-14)18(20)23-17(19(21)22-2)12-11-15-8-4-3-5-9-15/h3-13,17H,1-2H3/b12-11+/t17-/m1/s1. The lowest BCUT2D eigenvalue weighted by atomic mass is 10.1. The van der Waals surface area contributed by atoms with Gasteiger partial charge in [0.05, 0.1) is 12.7 Å². The summed E-state index contributed by atoms with van der Waals surface area (Å²) in [6.07, 6.45) is 2.13. The summed E-state index contributed by atoms with van der Waals surface area (Å²) in [6.45, 7) is 1.88. The molecule has 0 aromatic heterocycles. The first kappa shape index (κ1) is 16.5. The van der Waals surface area contributed by atoms with Crippen LogP contribution in [-0.4, -0.2) is 25.2 Å². The summed E-state index contributed by atoms with van der Waals surface area (Å²) in [5, 5.41) is 0. The summed E-state index contributed by atoms with van der Waals surface area (Å²) in [5.74, 6) is -1.19. The van der Waals surface area contributed by atoms with Crippen LogP contribution in [0.1, 0.15) is 21.5 Å². The minimum atomic E-state index is -1.09. The molecule has 0 radical (unpaired) electrons. The zero-order chi connectivity index (χ0) is 16.7. The van der Waals surface area contributed by atoms with Crippen molar-refractivity contribution in [1.29, 1.82) is 0 Å². The number of aryl methyl sites for hydroxylation is 1. The lowest BCUT2D eigenvalue weighted by molar-refractivity contribution is -0.148. The number of hydrogen-bond donors (Lipinski definition) is 0. The first-order chi connectivity index (χ1) is 11.1. The van der Waals surface area contributed by atoms with Crippen molar-refractivity contribution in [2.75, 3.05) is 7.11 Å². The second kappa shape index (κ2) is 7.94. The third-order valence-corrected chi connectivity index (χ3v) is 3.18. The van der Waals surface area contributed by atoms with Crippen LogP contribution >= 0.6 is 0 Å². The Kier molecular flexibility index (Phi) is 5.69. The van der Waals surface area contributed by atoms with Crippen LogP contribution in [0.15, 0.2) is 60.7 Å². The highest BCUT2D eigenvalue weighted by atomic mass is 16.6. The van der Waals surface area contributed by atoms with Gasteiger partial charge in [-0.25, -0.2) is 9.59 Å². The molecule has 0 saturated heterocycles. The van der Waals surface area contributed by atoms with E-state index in [1.165, 1.54) is 13.2 Å². The van der Waals surface area contributed by atoms with Crippen molar-refractivity contribution in [2.45, 2.75) is 13.0 Å². The number of benzene rings is 2. The Morgan fingerprint density at radius 2 is 1.78 bits per heavy atom. The summed E-state index contributed by atoms with van der Waals surface area (Å²) in [4.78, 5) is 24.0. The van der Waals surface area contributed by atoms with Gasteiger partial charge in [0.2, 0.25) is 6.10 Å². The fourth-order valence-corrected chi connectivity index (χ4v) is 2.00. The molecule has 0 aliphatic heterocycles. The Labute approximate surface area is 135 Å². The molecule has 0 amide bonds. The summed E-state index contributed by atoms with van der Waals surface area (Å²) in [7, 11) is 1.26. The summed E-state index contributed by atoms with van der Waals surface area (Å²) >= 11 is 0. The summed E-state index contributed by atoms with van der Waals surface area (Å²) in [5.41, 5.74) is 2.23. The van der Waals surface area contributed by atoms with Crippen LogP contribution in [-0.2, 0) is 14.3 Å². The van der Waals surface area contributed by atoms with Crippen molar-refractivity contribution >= 4 is 18.0 Å². The third-order valence-electron chi connectivity index (χ3n) is 3.18. The molecule has 0 bridgehead atoms. The van der Waals surface area contributed by atoms with E-state index >= 15 is 0 Å². The van der Waals surface area contributed by atoms with Crippen LogP contribution in [0.5, 0.6) is 0 Å². The lowest BCUT2D eigenvalue weighted by Gasteiger charge is -2.12. The van der Waals surface area contributed by atoms with E-state index in [1.54, 1.807) is 24.3 Å². The molecule has 2 aromatic carbocycles. The molecule has 0 aliphatic carbocycles. The van der Waals surface area contributed by atoms with Crippen LogP contribution in [0.25, 0.3) is 6.08 Å². The first-order valence-corrected chi connectivity index (χ1v) is 7.19. The van der Waals surface area contributed by atoms with Gasteiger partial charge in [-0.1, -0.05) is 54.1 Å². The maximum absolute atomic E-state index is 12.2. The van der Waals surface area contributed by atoms with E-state index in [2.05, 4.69) is 0 Å². The molecule has 118 valence electrons. The fraction of sp³-hybridized carbons (Fsp3) is 0.158. The maximum atomic E-state index is 12.2. The van der Waals surface area contributed by atoms with Crippen molar-refractivity contribution in [1.82, 2.24) is 0 Å². The molecule has 0 saturated carbocycles. The molecule has 0 spiro atoms. The molecular formula is C19H18O4. The van der Waals surface area contributed by atoms with Gasteiger partial charge >= 0.3 is 11.9 Å². The van der Waals surface area contributed by atoms with E-state index in [4.69, 9.17) is 9.47 Å². The molecule has 0 unspecified atom stereocenters. The van der Waals surface area contributed by atoms with Gasteiger partial charge in [-0.15, -0.1) is 0 Å². The number of esters is 2. The van der Waals surface area contributed by atoms with E-state index in [9.17, 15) is 9.59 Å². The smallest absolute Gasteiger partial charge is 0.351 e. The van der Waals surface area contributed by atoms with Crippen molar-refractivity contribution in [3.63, 3.8) is 0 Å². The fourth-order valence-electron chi connectivity index (χ4n) is 2.00. The Morgan fingerprint density at radius 3 is 2.43 bits per heavy atom. The third kappa shape index (κ3) is 4.81. The van der Waals surface area contributed by atoms with Gasteiger partial charge in [-0.2, -0.15) is 0 Å². The van der Waals surface area contributed by atoms with Crippen LogP contribution in [0.4, 0.5) is 0 Å². The minimum absolute atomic E-state index is 0.395. The van der Waals surface area contributed by atoms with Gasteiger partial charge in [0.15, 0.2) is 0 Å². The molecule has 23 heavy (non-hydrogen) atoms. The van der Waals surface area contributed by atoms with E-state index in [1.807, 2.05) is 43.3 Å². The van der Waals surface area contributed by atoms with E-state index in [-0.39, 0.29) is 0 Å². The number of ether oxygens (including phenoxy) is 2. The highest BCUT2D eigenvalue weighted by molar-refractivity contribution is 5.92. The SMILES string of the molecule is COC(=O)[C@@H](/C=C/c1ccccc1)OC(=O)c1cccc(C)c1. The van der Waals surface area contributed by atoms with E-state index in [0.29, 0.717) is 5.56 Å². The van der Waals surface area contributed by atoms with Gasteiger partial charge in [0, 0.05) is 0 Å². The molecule has 0 heterocycles. The number of hydrogen-bond acceptors (Lipinski definition) is 4. The quantitative estimate of drug-likeness (QED) is 0.794. The minimum Gasteiger partial charge on any atom is -0.466 e. The number of methoxy groups -OCH3 is 1. The van der Waals surface area contributed by atoms with Crippen LogP contribution in [0, 0.1) is 6.92 Å². The Morgan fingerprint density at radius 1 is 1.04 bits per heavy atom. The Balaban J connectivity index is 2.14. The zero-order valence-electron chi connectivity index (χ0n) is 13.1. The molecular weight excluding hydrogens is 292 g/mol. The Bertz CT molecular complexity index is 704. The van der Waals surface area contributed by atoms with Crippen molar-refractivity contribution in [3.8, 4) is 0 Å². The second-order valence-corrected chi connectivity index (χ2v) is 4.99. The van der Waals surface area contributed by atoms with Crippen LogP contribution in [0.2, 0.25) is 0 Å². The van der Waals surface area contributed by atoms with Crippen molar-refractivity contribution < 1.29 is 19.1 Å². The molecule has 0 N–H and O–H groups in total. The van der Waals surface area contributed by atoms with Crippen molar-refractivity contribution in [2.24, 2.45) is 0 Å². The second-order valence-electron chi connectivity index (χ2n) is 4.99. The number of rotatable bonds is 5. The zero-order valence-corrected chi connectivity index (χ0v) is 13.1. The Hall–Kier alpha value is -2.88. The van der Waals surface area contributed by atoms with Crippen molar-refractivity contribution in [3.05, 3.63) is 77.4 Å². The average Bonchev–Trinajstić information content (AvgIpc) is 2.58. The predicted molar refractivity (Wildman–Crippen MR) is 87.9 cm³/mol. The van der Waals surface area contributed by atoms with Gasteiger partial charge in [-0.05, 0) is 30.7 Å². The highest BCUT2D eigenvalue weighted by Crippen LogP contribution is 2.10. The number of carbonyl (C=O) groups is 2. The van der Waals surface area contributed by atoms with Gasteiger partial charge in [0.25, 0.3) is 0 Å². The van der Waals surface area contributed by atoms with E-state index < -0.39 is 18.0 Å². The van der Waals surface area contributed by atoms with Gasteiger partial charge in [-0.3, -0.25) is 0 Å². The summed E-state index contributed by atoms with van der Waals surface area (Å²) in [6, 6.07) is 16.4.